The van der Waals surface area contributed by atoms with Gasteiger partial charge in [-0.1, -0.05) is 42.1 Å². The molecule has 1 saturated heterocycles. The van der Waals surface area contributed by atoms with E-state index in [4.69, 9.17) is 4.74 Å². The number of hydrogen-bond acceptors (Lipinski definition) is 4. The molecule has 3 rings (SSSR count). The first-order valence-electron chi connectivity index (χ1n) is 6.99. The monoisotopic (exact) mass is 276 g/mol. The molecule has 0 radical (unpaired) electrons. The molecule has 2 aliphatic heterocycles. The third-order valence-electron chi connectivity index (χ3n) is 3.62. The van der Waals surface area contributed by atoms with E-state index in [1.165, 1.54) is 18.4 Å². The molecule has 0 aliphatic carbocycles. The fourth-order valence-electron chi connectivity index (χ4n) is 2.51. The van der Waals surface area contributed by atoms with E-state index < -0.39 is 0 Å². The van der Waals surface area contributed by atoms with Crippen molar-refractivity contribution >= 4 is 16.9 Å². The molecule has 0 spiro atoms. The lowest BCUT2D eigenvalue weighted by atomic mass is 10.0. The number of hydrogen-bond donors (Lipinski definition) is 1. The van der Waals surface area contributed by atoms with Gasteiger partial charge in [0.1, 0.15) is 0 Å². The molecule has 2 unspecified atom stereocenters. The number of rotatable bonds is 3. The van der Waals surface area contributed by atoms with Crippen LogP contribution in [0.25, 0.3) is 0 Å². The van der Waals surface area contributed by atoms with Crippen LogP contribution in [0.4, 0.5) is 0 Å². The molecular weight excluding hydrogens is 256 g/mol. The molecule has 1 aromatic rings. The molecule has 2 aliphatic rings. The van der Waals surface area contributed by atoms with Gasteiger partial charge >= 0.3 is 0 Å². The molecular formula is C15H20N2OS. The molecule has 2 atom stereocenters. The number of thioether (sulfide) groups is 1. The summed E-state index contributed by atoms with van der Waals surface area (Å²) in [6.07, 6.45) is 2.46. The standard InChI is InChI=1S/C15H20N2OS/c1-2-6-13(7-3-1)14-10-17-15(19-14)16-9-12-5-4-8-18-11-12/h1-3,6-7,12,14H,4-5,8-11H2,(H,16,17). The zero-order valence-electron chi connectivity index (χ0n) is 11.0. The van der Waals surface area contributed by atoms with Crippen LogP contribution in [-0.2, 0) is 4.74 Å². The Morgan fingerprint density at radius 3 is 3.00 bits per heavy atom. The minimum absolute atomic E-state index is 0.478. The van der Waals surface area contributed by atoms with E-state index in [1.54, 1.807) is 0 Å². The molecule has 3 nitrogen and oxygen atoms in total. The third kappa shape index (κ3) is 3.51. The summed E-state index contributed by atoms with van der Waals surface area (Å²) in [6, 6.07) is 10.6. The lowest BCUT2D eigenvalue weighted by Crippen LogP contribution is -2.31. The minimum Gasteiger partial charge on any atom is -0.381 e. The molecule has 2 heterocycles. The van der Waals surface area contributed by atoms with Crippen molar-refractivity contribution in [3.8, 4) is 0 Å². The van der Waals surface area contributed by atoms with Crippen LogP contribution in [0.5, 0.6) is 0 Å². The maximum Gasteiger partial charge on any atom is 0.157 e. The Bertz CT molecular complexity index is 429. The highest BCUT2D eigenvalue weighted by Crippen LogP contribution is 2.34. The smallest absolute Gasteiger partial charge is 0.157 e. The van der Waals surface area contributed by atoms with Crippen LogP contribution < -0.4 is 5.32 Å². The maximum atomic E-state index is 5.50. The first-order valence-corrected chi connectivity index (χ1v) is 7.87. The fourth-order valence-corrected chi connectivity index (χ4v) is 3.54. The first-order chi connectivity index (χ1) is 9.42. The topological polar surface area (TPSA) is 33.6 Å². The Kier molecular flexibility index (Phi) is 4.41. The van der Waals surface area contributed by atoms with Crippen molar-refractivity contribution in [2.45, 2.75) is 18.1 Å². The van der Waals surface area contributed by atoms with Gasteiger partial charge in [0, 0.05) is 13.2 Å². The van der Waals surface area contributed by atoms with Crippen LogP contribution >= 0.6 is 11.8 Å². The van der Waals surface area contributed by atoms with E-state index in [0.717, 1.165) is 31.5 Å². The van der Waals surface area contributed by atoms with E-state index in [2.05, 4.69) is 40.6 Å². The third-order valence-corrected chi connectivity index (χ3v) is 4.82. The number of nitrogens with zero attached hydrogens (tertiary/aromatic N) is 1. The number of ether oxygens (including phenoxy) is 1. The van der Waals surface area contributed by atoms with Crippen LogP contribution in [0, 0.1) is 5.92 Å². The van der Waals surface area contributed by atoms with Gasteiger partial charge in [-0.2, -0.15) is 0 Å². The molecule has 19 heavy (non-hydrogen) atoms. The highest BCUT2D eigenvalue weighted by atomic mass is 32.2. The quantitative estimate of drug-likeness (QED) is 0.921. The number of nitrogens with one attached hydrogen (secondary N) is 1. The summed E-state index contributed by atoms with van der Waals surface area (Å²) in [7, 11) is 0. The van der Waals surface area contributed by atoms with Crippen LogP contribution in [0.2, 0.25) is 0 Å². The van der Waals surface area contributed by atoms with Crippen molar-refractivity contribution in [3.63, 3.8) is 0 Å². The van der Waals surface area contributed by atoms with Crippen molar-refractivity contribution in [3.05, 3.63) is 35.9 Å². The predicted molar refractivity (Wildman–Crippen MR) is 80.6 cm³/mol. The van der Waals surface area contributed by atoms with Crippen molar-refractivity contribution in [2.75, 3.05) is 26.3 Å². The van der Waals surface area contributed by atoms with Gasteiger partial charge in [0.25, 0.3) is 0 Å². The van der Waals surface area contributed by atoms with Crippen molar-refractivity contribution in [1.82, 2.24) is 5.32 Å². The molecule has 0 aromatic heterocycles. The fraction of sp³-hybridized carbons (Fsp3) is 0.533. The van der Waals surface area contributed by atoms with Crippen molar-refractivity contribution in [2.24, 2.45) is 10.9 Å². The molecule has 1 aromatic carbocycles. The summed E-state index contributed by atoms with van der Waals surface area (Å²) >= 11 is 1.85. The lowest BCUT2D eigenvalue weighted by molar-refractivity contribution is 0.0565. The first kappa shape index (κ1) is 13.0. The highest BCUT2D eigenvalue weighted by Gasteiger charge is 2.22. The Morgan fingerprint density at radius 2 is 2.21 bits per heavy atom. The lowest BCUT2D eigenvalue weighted by Gasteiger charge is -2.22. The van der Waals surface area contributed by atoms with Crippen LogP contribution in [-0.4, -0.2) is 31.5 Å². The van der Waals surface area contributed by atoms with Gasteiger partial charge in [0.15, 0.2) is 5.17 Å². The average Bonchev–Trinajstić information content (AvgIpc) is 2.96. The second-order valence-corrected chi connectivity index (χ2v) is 6.32. The molecule has 0 bridgehead atoms. The maximum absolute atomic E-state index is 5.50. The van der Waals surface area contributed by atoms with E-state index in [-0.39, 0.29) is 0 Å². The van der Waals surface area contributed by atoms with E-state index in [9.17, 15) is 0 Å². The van der Waals surface area contributed by atoms with Gasteiger partial charge in [0.2, 0.25) is 0 Å². The summed E-state index contributed by atoms with van der Waals surface area (Å²) in [5.74, 6) is 0.646. The van der Waals surface area contributed by atoms with E-state index in [0.29, 0.717) is 11.2 Å². The van der Waals surface area contributed by atoms with Gasteiger partial charge in [-0.05, 0) is 24.3 Å². The Balaban J connectivity index is 1.46. The second-order valence-electron chi connectivity index (χ2n) is 5.13. The Hall–Kier alpha value is -1.00. The molecule has 0 amide bonds. The van der Waals surface area contributed by atoms with E-state index in [1.807, 2.05) is 11.8 Å². The van der Waals surface area contributed by atoms with Gasteiger partial charge < -0.3 is 10.1 Å². The summed E-state index contributed by atoms with van der Waals surface area (Å²) in [6.45, 7) is 3.71. The van der Waals surface area contributed by atoms with Crippen LogP contribution in [0.15, 0.2) is 35.3 Å². The summed E-state index contributed by atoms with van der Waals surface area (Å²) < 4.78 is 5.50. The zero-order chi connectivity index (χ0) is 12.9. The average molecular weight is 276 g/mol. The molecule has 4 heteroatoms. The van der Waals surface area contributed by atoms with Gasteiger partial charge in [0.05, 0.1) is 18.4 Å². The molecule has 1 N–H and O–H groups in total. The van der Waals surface area contributed by atoms with E-state index >= 15 is 0 Å². The largest absolute Gasteiger partial charge is 0.381 e. The van der Waals surface area contributed by atoms with Crippen molar-refractivity contribution < 1.29 is 4.74 Å². The summed E-state index contributed by atoms with van der Waals surface area (Å²) in [5.41, 5.74) is 1.37. The SMILES string of the molecule is c1ccc(C2CN=C(NCC3CCCOC3)S2)cc1. The van der Waals surface area contributed by atoms with Crippen LogP contribution in [0.3, 0.4) is 0 Å². The number of benzene rings is 1. The summed E-state index contributed by atoms with van der Waals surface area (Å²) in [5, 5.41) is 5.06. The minimum atomic E-state index is 0.478. The predicted octanol–water partition coefficient (Wildman–Crippen LogP) is 2.85. The number of aliphatic imine (C=N–C) groups is 1. The van der Waals surface area contributed by atoms with Gasteiger partial charge in [-0.3, -0.25) is 4.99 Å². The second kappa shape index (κ2) is 6.44. The normalized spacial score (nSPS) is 27.1. The van der Waals surface area contributed by atoms with Gasteiger partial charge in [-0.15, -0.1) is 0 Å². The Morgan fingerprint density at radius 1 is 1.32 bits per heavy atom. The number of amidine groups is 1. The van der Waals surface area contributed by atoms with Crippen LogP contribution in [0.1, 0.15) is 23.7 Å². The zero-order valence-corrected chi connectivity index (χ0v) is 11.9. The van der Waals surface area contributed by atoms with Gasteiger partial charge in [-0.25, -0.2) is 0 Å². The molecule has 102 valence electrons. The molecule has 1 fully saturated rings. The summed E-state index contributed by atoms with van der Waals surface area (Å²) in [4.78, 5) is 4.61. The Labute approximate surface area is 118 Å². The molecule has 0 saturated carbocycles. The van der Waals surface area contributed by atoms with Crippen molar-refractivity contribution in [1.29, 1.82) is 0 Å². The highest BCUT2D eigenvalue weighted by molar-refractivity contribution is 8.14.